The van der Waals surface area contributed by atoms with Gasteiger partial charge in [0.1, 0.15) is 5.56 Å². The van der Waals surface area contributed by atoms with Crippen molar-refractivity contribution in [3.8, 4) is 11.3 Å². The maximum absolute atomic E-state index is 9.75. The lowest BCUT2D eigenvalue weighted by Crippen LogP contribution is -2.04. The Morgan fingerprint density at radius 2 is 1.81 bits per heavy atom. The normalized spacial score (nSPS) is 10.5. The third-order valence-corrected chi connectivity index (χ3v) is 1.61. The van der Waals surface area contributed by atoms with E-state index in [1.54, 1.807) is 12.3 Å². The van der Waals surface area contributed by atoms with Crippen LogP contribution in [0.2, 0.25) is 0 Å². The Morgan fingerprint density at radius 1 is 1.19 bits per heavy atom. The molecule has 0 amide bonds. The van der Waals surface area contributed by atoms with Crippen molar-refractivity contribution in [2.45, 2.75) is 0 Å². The van der Waals surface area contributed by atoms with E-state index < -0.39 is 7.25 Å². The summed E-state index contributed by atoms with van der Waals surface area (Å²) in [6, 6.07) is 5.46. The van der Waals surface area contributed by atoms with Crippen LogP contribution in [0.15, 0.2) is 24.4 Å². The molecule has 0 unspecified atom stereocenters. The van der Waals surface area contributed by atoms with Crippen LogP contribution in [0.4, 0.5) is 17.3 Å². The molecule has 1 aliphatic heterocycles. The minimum Gasteiger partial charge on any atom is -0.418 e. The van der Waals surface area contributed by atoms with Gasteiger partial charge in [0.05, 0.1) is 5.69 Å². The third-order valence-electron chi connectivity index (χ3n) is 1.61. The Balaban J connectivity index is 0.000000221. The molecule has 2 N–H and O–H groups in total. The molecule has 2 rings (SSSR count). The van der Waals surface area contributed by atoms with E-state index in [0.717, 1.165) is 11.3 Å². The number of benzene rings is 1. The van der Waals surface area contributed by atoms with Crippen LogP contribution in [0.25, 0.3) is 16.8 Å². The Morgan fingerprint density at radius 3 is 2.38 bits per heavy atom. The van der Waals surface area contributed by atoms with Gasteiger partial charge in [-0.05, 0) is 6.07 Å². The van der Waals surface area contributed by atoms with E-state index in [-0.39, 0.29) is 0 Å². The van der Waals surface area contributed by atoms with Crippen LogP contribution in [0.3, 0.4) is 0 Å². The van der Waals surface area contributed by atoms with Gasteiger partial charge in [0.15, 0.2) is 0 Å². The summed E-state index contributed by atoms with van der Waals surface area (Å²) in [6.07, 6.45) is 1.75. The van der Waals surface area contributed by atoms with Gasteiger partial charge in [0.2, 0.25) is 0 Å². The summed E-state index contributed by atoms with van der Waals surface area (Å²) in [6.45, 7) is 0. The number of halogens is 4. The maximum Gasteiger partial charge on any atom is 0.673 e. The number of fused-ring (bicyclic) bond motifs is 1. The zero-order valence-corrected chi connectivity index (χ0v) is 7.79. The minimum absolute atomic E-state index is 0.569. The van der Waals surface area contributed by atoms with Gasteiger partial charge in [-0.15, -0.1) is 0 Å². The highest BCUT2D eigenvalue weighted by molar-refractivity contribution is 6.50. The van der Waals surface area contributed by atoms with E-state index in [1.807, 2.05) is 12.1 Å². The first kappa shape index (κ1) is 12.1. The number of nitrogens with one attached hydrogen (secondary N) is 2. The number of rotatable bonds is 0. The average molecular weight is 233 g/mol. The molecule has 0 atom stereocenters. The second-order valence-corrected chi connectivity index (χ2v) is 2.75. The summed E-state index contributed by atoms with van der Waals surface area (Å²) >= 11 is 0. The van der Waals surface area contributed by atoms with Gasteiger partial charge in [0, 0.05) is 12.3 Å². The fraction of sp³-hybridized carbons (Fsp3) is 0. The molecule has 0 bridgehead atoms. The summed E-state index contributed by atoms with van der Waals surface area (Å²) in [5, 5.41) is 6.28. The van der Waals surface area contributed by atoms with Crippen molar-refractivity contribution in [1.82, 2.24) is 10.2 Å². The molecule has 1 heterocycles. The van der Waals surface area contributed by atoms with Gasteiger partial charge >= 0.3 is 12.6 Å². The van der Waals surface area contributed by atoms with Gasteiger partial charge in [-0.25, -0.2) is 0 Å². The highest BCUT2D eigenvalue weighted by Gasteiger charge is 2.20. The van der Waals surface area contributed by atoms with E-state index >= 15 is 0 Å². The Hall–Kier alpha value is -2.02. The molecular weight excluding hydrogens is 227 g/mol. The summed E-state index contributed by atoms with van der Waals surface area (Å²) in [7, 11) is -6.00. The van der Waals surface area contributed by atoms with Crippen LogP contribution < -0.4 is 5.36 Å². The molecule has 0 aromatic carbocycles. The number of aromatic amines is 2. The topological polar surface area (TPSA) is 68.0 Å². The number of hydrogen-bond acceptors (Lipinski definition) is 0. The molecule has 9 heteroatoms. The molecule has 1 aliphatic carbocycles. The van der Waals surface area contributed by atoms with Gasteiger partial charge in [-0.3, -0.25) is 0 Å². The molecule has 86 valence electrons. The van der Waals surface area contributed by atoms with Gasteiger partial charge in [0.25, 0.3) is 0 Å². The Bertz CT molecular complexity index is 504. The van der Waals surface area contributed by atoms with Crippen molar-refractivity contribution in [3.05, 3.63) is 35.3 Å². The van der Waals surface area contributed by atoms with Crippen LogP contribution in [0.5, 0.6) is 0 Å². The monoisotopic (exact) mass is 233 g/mol. The molecule has 4 nitrogen and oxygen atoms in total. The van der Waals surface area contributed by atoms with Crippen LogP contribution >= 0.6 is 0 Å². The van der Waals surface area contributed by atoms with E-state index in [2.05, 4.69) is 15.0 Å². The van der Waals surface area contributed by atoms with Crippen molar-refractivity contribution in [2.24, 2.45) is 0 Å². The summed E-state index contributed by atoms with van der Waals surface area (Å²) in [5.74, 6) is 0. The zero-order valence-electron chi connectivity index (χ0n) is 7.79. The molecule has 0 fully saturated rings. The zero-order chi connectivity index (χ0) is 12.2. The molecule has 0 spiro atoms. The summed E-state index contributed by atoms with van der Waals surface area (Å²) in [5.41, 5.74) is 10.4. The number of nitrogens with zero attached hydrogens (tertiary/aromatic N) is 2. The van der Waals surface area contributed by atoms with E-state index in [4.69, 9.17) is 5.53 Å². The first-order chi connectivity index (χ1) is 7.42. The largest absolute Gasteiger partial charge is 0.673 e. The summed E-state index contributed by atoms with van der Waals surface area (Å²) in [4.78, 5) is 3.13. The van der Waals surface area contributed by atoms with E-state index in [0.29, 0.717) is 5.36 Å². The molecule has 0 aromatic rings. The van der Waals surface area contributed by atoms with Crippen molar-refractivity contribution < 1.29 is 22.1 Å². The first-order valence-electron chi connectivity index (χ1n) is 4.12. The lowest BCUT2D eigenvalue weighted by Gasteiger charge is -1.94. The lowest BCUT2D eigenvalue weighted by molar-refractivity contribution is -0.0641. The fourth-order valence-electron chi connectivity index (χ4n) is 1.09. The number of aromatic nitrogens is 2. The predicted molar refractivity (Wildman–Crippen MR) is 48.7 cm³/mol. The van der Waals surface area contributed by atoms with Crippen LogP contribution in [-0.2, 0) is 0 Å². The van der Waals surface area contributed by atoms with Crippen molar-refractivity contribution in [1.29, 1.82) is 0 Å². The fourth-order valence-corrected chi connectivity index (χ4v) is 1.09. The lowest BCUT2D eigenvalue weighted by atomic mass is 10.2. The standard InChI is InChI=1S/C7H6N4.BF4/c8-10-6-2-1-3-7-5(6)4-9-11-7;2-1(3,4)5/h1-4,9,11H;/q;-1. The SMILES string of the molecule is F[B-](F)(F)F.[N-]=[N+]=c1cccc2[nH][nH]cc1-2. The van der Waals surface area contributed by atoms with Crippen LogP contribution in [0.1, 0.15) is 0 Å². The van der Waals surface area contributed by atoms with Gasteiger partial charge < -0.3 is 33.0 Å². The first-order valence-corrected chi connectivity index (χ1v) is 4.12. The van der Waals surface area contributed by atoms with Crippen molar-refractivity contribution in [2.75, 3.05) is 0 Å². The molecular formula is C7H6BF4N4-. The minimum atomic E-state index is -6.00. The second kappa shape index (κ2) is 4.67. The molecule has 0 aromatic heterocycles. The second-order valence-electron chi connectivity index (χ2n) is 2.75. The number of hydrogen-bond donors (Lipinski definition) is 2. The summed E-state index contributed by atoms with van der Waals surface area (Å²) < 4.78 is 39.0. The number of H-pyrrole nitrogens is 2. The van der Waals surface area contributed by atoms with Crippen molar-refractivity contribution in [3.63, 3.8) is 0 Å². The molecule has 0 radical (unpaired) electrons. The third kappa shape index (κ3) is 3.62. The quantitative estimate of drug-likeness (QED) is 0.302. The average Bonchev–Trinajstić information content (AvgIpc) is 2.62. The molecule has 2 aliphatic rings. The van der Waals surface area contributed by atoms with Crippen LogP contribution in [-0.4, -0.2) is 22.2 Å². The van der Waals surface area contributed by atoms with E-state index in [1.165, 1.54) is 0 Å². The molecule has 0 saturated heterocycles. The molecule has 0 saturated carbocycles. The predicted octanol–water partition coefficient (Wildman–Crippen LogP) is 1.88. The highest BCUT2D eigenvalue weighted by Crippen LogP contribution is 2.10. The Kier molecular flexibility index (Phi) is 3.52. The van der Waals surface area contributed by atoms with Crippen LogP contribution in [0, 0.1) is 0 Å². The van der Waals surface area contributed by atoms with Crippen molar-refractivity contribution >= 4 is 7.25 Å². The highest BCUT2D eigenvalue weighted by atomic mass is 19.5. The van der Waals surface area contributed by atoms with E-state index in [9.17, 15) is 17.3 Å². The maximum atomic E-state index is 9.75. The van der Waals surface area contributed by atoms with Gasteiger partial charge in [-0.1, -0.05) is 6.07 Å². The Labute approximate surface area is 87.0 Å². The smallest absolute Gasteiger partial charge is 0.418 e. The molecule has 16 heavy (non-hydrogen) atoms. The van der Waals surface area contributed by atoms with Gasteiger partial charge in [-0.2, -0.15) is 4.79 Å².